The fraction of sp³-hybridized carbons (Fsp3) is 0.880. The summed E-state index contributed by atoms with van der Waals surface area (Å²) in [5.74, 6) is 4.58. The van der Waals surface area contributed by atoms with E-state index in [0.29, 0.717) is 18.9 Å². The molecule has 0 radical (unpaired) electrons. The molecule has 1 aromatic rings. The molecule has 3 saturated carbocycles. The van der Waals surface area contributed by atoms with Crippen molar-refractivity contribution in [2.24, 2.45) is 23.2 Å². The van der Waals surface area contributed by atoms with Gasteiger partial charge in [-0.15, -0.1) is 0 Å². The van der Waals surface area contributed by atoms with Crippen LogP contribution in [0.15, 0.2) is 12.3 Å². The Labute approximate surface area is 194 Å². The lowest BCUT2D eigenvalue weighted by Gasteiger charge is -2.38. The van der Waals surface area contributed by atoms with E-state index in [1.165, 1.54) is 49.6 Å². The lowest BCUT2D eigenvalue weighted by atomic mass is 9.89. The van der Waals surface area contributed by atoms with Gasteiger partial charge < -0.3 is 0 Å². The molecule has 0 bridgehead atoms. The maximum absolute atomic E-state index is 11.9. The normalized spacial score (nSPS) is 34.3. The van der Waals surface area contributed by atoms with Crippen molar-refractivity contribution >= 4 is 11.8 Å². The summed E-state index contributed by atoms with van der Waals surface area (Å²) in [5.41, 5.74) is 2.24. The predicted octanol–water partition coefficient (Wildman–Crippen LogP) is 6.52. The standard InChI is InChI=1S/C18H27N3S.C7H11F3/c1-12(2)21-16(3-5-19-21)17-14-7-13(8-15(14)17)20-6-4-18(9-20)10-22-11-18;8-7(9,10)6-4-2-1-3-5-6/h3,5,12-15,17H,4,6-11H2,1-2H3;6H,1-5H2/t13?,14-,15?,17?;/m0./s1. The highest BCUT2D eigenvalue weighted by Gasteiger charge is 2.59. The van der Waals surface area contributed by atoms with Gasteiger partial charge >= 0.3 is 6.18 Å². The van der Waals surface area contributed by atoms with Crippen molar-refractivity contribution < 1.29 is 13.2 Å². The molecule has 1 aromatic heterocycles. The first-order valence-corrected chi connectivity index (χ1v) is 13.8. The van der Waals surface area contributed by atoms with Crippen molar-refractivity contribution in [1.82, 2.24) is 14.7 Å². The second-order valence-corrected chi connectivity index (χ2v) is 12.3. The molecule has 4 atom stereocenters. The fourth-order valence-electron chi connectivity index (χ4n) is 6.91. The van der Waals surface area contributed by atoms with Gasteiger partial charge in [0.1, 0.15) is 0 Å². The van der Waals surface area contributed by atoms with Gasteiger partial charge in [-0.25, -0.2) is 0 Å². The van der Waals surface area contributed by atoms with Gasteiger partial charge in [-0.2, -0.15) is 30.0 Å². The molecule has 6 rings (SSSR count). The van der Waals surface area contributed by atoms with Crippen LogP contribution in [0.3, 0.4) is 0 Å². The molecule has 3 heterocycles. The summed E-state index contributed by atoms with van der Waals surface area (Å²) in [4.78, 5) is 2.85. The van der Waals surface area contributed by atoms with Gasteiger partial charge in [0.15, 0.2) is 0 Å². The van der Waals surface area contributed by atoms with E-state index in [-0.39, 0.29) is 0 Å². The van der Waals surface area contributed by atoms with Gasteiger partial charge in [0.25, 0.3) is 0 Å². The molecule has 5 fully saturated rings. The summed E-state index contributed by atoms with van der Waals surface area (Å²) in [7, 11) is 0. The molecule has 32 heavy (non-hydrogen) atoms. The van der Waals surface area contributed by atoms with Crippen molar-refractivity contribution in [3.05, 3.63) is 18.0 Å². The van der Waals surface area contributed by atoms with Crippen molar-refractivity contribution in [1.29, 1.82) is 0 Å². The van der Waals surface area contributed by atoms with E-state index in [9.17, 15) is 13.2 Å². The van der Waals surface area contributed by atoms with Crippen LogP contribution in [-0.2, 0) is 0 Å². The zero-order chi connectivity index (χ0) is 22.5. The van der Waals surface area contributed by atoms with Crippen LogP contribution in [0.2, 0.25) is 0 Å². The number of likely N-dealkylation sites (tertiary alicyclic amines) is 1. The van der Waals surface area contributed by atoms with E-state index in [1.54, 1.807) is 0 Å². The third-order valence-corrected chi connectivity index (χ3v) is 10.5. The topological polar surface area (TPSA) is 21.1 Å². The van der Waals surface area contributed by atoms with Crippen LogP contribution in [0.5, 0.6) is 0 Å². The number of thioether (sulfide) groups is 1. The maximum atomic E-state index is 11.9. The zero-order valence-corrected chi connectivity index (χ0v) is 20.3. The molecule has 2 saturated heterocycles. The third-order valence-electron chi connectivity index (χ3n) is 8.82. The average molecular weight is 470 g/mol. The molecular formula is C25H38F3N3S. The maximum Gasteiger partial charge on any atom is 0.391 e. The number of nitrogens with zero attached hydrogens (tertiary/aromatic N) is 3. The minimum absolute atomic E-state index is 0.351. The van der Waals surface area contributed by atoms with Crippen LogP contribution in [0, 0.1) is 23.2 Å². The smallest absolute Gasteiger partial charge is 0.300 e. The number of hydrogen-bond acceptors (Lipinski definition) is 3. The Hall–Kier alpha value is -0.690. The van der Waals surface area contributed by atoms with Gasteiger partial charge in [0, 0.05) is 53.4 Å². The lowest BCUT2D eigenvalue weighted by molar-refractivity contribution is -0.181. The lowest BCUT2D eigenvalue weighted by Crippen LogP contribution is -2.41. The quantitative estimate of drug-likeness (QED) is 0.503. The van der Waals surface area contributed by atoms with E-state index in [4.69, 9.17) is 0 Å². The summed E-state index contributed by atoms with van der Waals surface area (Å²) >= 11 is 2.15. The highest BCUT2D eigenvalue weighted by atomic mass is 32.2. The SMILES string of the molecule is CC(C)n1nccc1C1C2CC(N3CCC4(CSC4)C3)C[C@@H]21.FC(F)(F)C1CCCCC1. The van der Waals surface area contributed by atoms with Crippen LogP contribution in [0.25, 0.3) is 0 Å². The van der Waals surface area contributed by atoms with Crippen molar-refractivity contribution in [2.45, 2.75) is 89.4 Å². The second-order valence-electron chi connectivity index (χ2n) is 11.4. The molecule has 3 nitrogen and oxygen atoms in total. The van der Waals surface area contributed by atoms with E-state index < -0.39 is 12.1 Å². The van der Waals surface area contributed by atoms with Crippen LogP contribution >= 0.6 is 11.8 Å². The number of halogens is 3. The largest absolute Gasteiger partial charge is 0.391 e. The molecule has 3 aliphatic carbocycles. The van der Waals surface area contributed by atoms with E-state index in [1.807, 2.05) is 6.20 Å². The highest BCUT2D eigenvalue weighted by Crippen LogP contribution is 2.64. The van der Waals surface area contributed by atoms with Gasteiger partial charge in [0.05, 0.1) is 5.92 Å². The van der Waals surface area contributed by atoms with Crippen molar-refractivity contribution in [2.75, 3.05) is 24.6 Å². The molecule has 7 heteroatoms. The molecular weight excluding hydrogens is 431 g/mol. The van der Waals surface area contributed by atoms with Crippen LogP contribution in [-0.4, -0.2) is 51.5 Å². The average Bonchev–Trinajstić information content (AvgIpc) is 3.23. The number of rotatable bonds is 3. The van der Waals surface area contributed by atoms with Gasteiger partial charge in [0.2, 0.25) is 0 Å². The summed E-state index contributed by atoms with van der Waals surface area (Å²) in [6, 6.07) is 3.66. The molecule has 180 valence electrons. The molecule has 5 aliphatic rings. The minimum Gasteiger partial charge on any atom is -0.300 e. The summed E-state index contributed by atoms with van der Waals surface area (Å²) < 4.78 is 38.1. The Morgan fingerprint density at radius 2 is 1.78 bits per heavy atom. The molecule has 0 aromatic carbocycles. The van der Waals surface area contributed by atoms with Gasteiger partial charge in [-0.3, -0.25) is 9.58 Å². The predicted molar refractivity (Wildman–Crippen MR) is 124 cm³/mol. The first-order chi connectivity index (χ1) is 15.3. The van der Waals surface area contributed by atoms with Crippen molar-refractivity contribution in [3.8, 4) is 0 Å². The Morgan fingerprint density at radius 1 is 1.09 bits per heavy atom. The number of aromatic nitrogens is 2. The Morgan fingerprint density at radius 3 is 2.28 bits per heavy atom. The Kier molecular flexibility index (Phi) is 6.36. The number of fused-ring (bicyclic) bond motifs is 1. The molecule has 1 spiro atoms. The molecule has 3 unspecified atom stereocenters. The monoisotopic (exact) mass is 469 g/mol. The van der Waals surface area contributed by atoms with Crippen LogP contribution < -0.4 is 0 Å². The third kappa shape index (κ3) is 4.49. The first-order valence-electron chi connectivity index (χ1n) is 12.7. The van der Waals surface area contributed by atoms with E-state index in [2.05, 4.69) is 46.4 Å². The number of hydrogen-bond donors (Lipinski definition) is 0. The molecule has 0 N–H and O–H groups in total. The van der Waals surface area contributed by atoms with E-state index >= 15 is 0 Å². The molecule has 2 aliphatic heterocycles. The van der Waals surface area contributed by atoms with Gasteiger partial charge in [-0.05, 0) is 70.4 Å². The van der Waals surface area contributed by atoms with E-state index in [0.717, 1.165) is 48.5 Å². The molecule has 0 amide bonds. The Bertz CT molecular complexity index is 770. The fourth-order valence-corrected chi connectivity index (χ4v) is 8.16. The number of alkyl halides is 3. The second kappa shape index (κ2) is 8.83. The minimum atomic E-state index is -3.93. The summed E-state index contributed by atoms with van der Waals surface area (Å²) in [5, 5.41) is 4.54. The summed E-state index contributed by atoms with van der Waals surface area (Å²) in [6.07, 6.45) is 5.62. The Balaban J connectivity index is 0.000000183. The van der Waals surface area contributed by atoms with Crippen molar-refractivity contribution in [3.63, 3.8) is 0 Å². The first kappa shape index (κ1) is 23.1. The summed E-state index contributed by atoms with van der Waals surface area (Å²) in [6.45, 7) is 7.27. The van der Waals surface area contributed by atoms with Crippen LogP contribution in [0.1, 0.15) is 82.9 Å². The van der Waals surface area contributed by atoms with Gasteiger partial charge in [-0.1, -0.05) is 19.3 Å². The zero-order valence-electron chi connectivity index (χ0n) is 19.5. The highest BCUT2D eigenvalue weighted by molar-refractivity contribution is 8.00. The van der Waals surface area contributed by atoms with Crippen LogP contribution in [0.4, 0.5) is 13.2 Å².